The minimum absolute atomic E-state index is 0.0680. The number of carbonyl (C=O) groups excluding carboxylic acids is 1. The molecular formula is C17H23N3O2S. The van der Waals surface area contributed by atoms with E-state index in [9.17, 15) is 4.79 Å². The maximum atomic E-state index is 12.7. The fourth-order valence-electron chi connectivity index (χ4n) is 2.92. The second kappa shape index (κ2) is 7.25. The Morgan fingerprint density at radius 3 is 3.13 bits per heavy atom. The van der Waals surface area contributed by atoms with Crippen LogP contribution in [-0.4, -0.2) is 27.5 Å². The lowest BCUT2D eigenvalue weighted by Crippen LogP contribution is -2.39. The second-order valence-electron chi connectivity index (χ2n) is 6.15. The highest BCUT2D eigenvalue weighted by Gasteiger charge is 2.32. The minimum Gasteiger partial charge on any atom is -0.337 e. The van der Waals surface area contributed by atoms with Crippen LogP contribution in [0.2, 0.25) is 0 Å². The Balaban J connectivity index is 1.75. The Hall–Kier alpha value is -1.69. The number of hydrogen-bond acceptors (Lipinski definition) is 5. The van der Waals surface area contributed by atoms with Gasteiger partial charge in [0.2, 0.25) is 11.8 Å². The molecule has 0 saturated carbocycles. The molecule has 5 nitrogen and oxygen atoms in total. The summed E-state index contributed by atoms with van der Waals surface area (Å²) in [5.41, 5.74) is 0. The fourth-order valence-corrected chi connectivity index (χ4v) is 3.61. The van der Waals surface area contributed by atoms with Gasteiger partial charge in [0, 0.05) is 17.3 Å². The third-order valence-corrected chi connectivity index (χ3v) is 5.40. The maximum Gasteiger partial charge on any atom is 0.249 e. The molecule has 1 aliphatic heterocycles. The first kappa shape index (κ1) is 16.2. The van der Waals surface area contributed by atoms with Crippen LogP contribution < -0.4 is 0 Å². The molecule has 2 aromatic heterocycles. The molecule has 124 valence electrons. The van der Waals surface area contributed by atoms with Crippen LogP contribution in [0.5, 0.6) is 0 Å². The third-order valence-electron chi connectivity index (χ3n) is 4.52. The van der Waals surface area contributed by atoms with E-state index in [4.69, 9.17) is 4.52 Å². The van der Waals surface area contributed by atoms with Gasteiger partial charge >= 0.3 is 0 Å². The van der Waals surface area contributed by atoms with E-state index < -0.39 is 0 Å². The zero-order chi connectivity index (χ0) is 16.2. The SMILES string of the molecule is CC[C@H](C)c1noc([C@@H]2CCCCN2C(=O)Cc2cccs2)n1. The second-order valence-corrected chi connectivity index (χ2v) is 7.19. The lowest BCUT2D eigenvalue weighted by atomic mass is 10.0. The van der Waals surface area contributed by atoms with Crippen molar-refractivity contribution in [3.63, 3.8) is 0 Å². The van der Waals surface area contributed by atoms with Crippen LogP contribution in [0.4, 0.5) is 0 Å². The molecule has 0 spiro atoms. The molecule has 1 amide bonds. The molecule has 0 unspecified atom stereocenters. The largest absolute Gasteiger partial charge is 0.337 e. The first-order valence-corrected chi connectivity index (χ1v) is 9.22. The van der Waals surface area contributed by atoms with Crippen molar-refractivity contribution in [2.75, 3.05) is 6.54 Å². The number of hydrogen-bond donors (Lipinski definition) is 0. The van der Waals surface area contributed by atoms with Gasteiger partial charge < -0.3 is 9.42 Å². The van der Waals surface area contributed by atoms with E-state index in [2.05, 4.69) is 24.0 Å². The van der Waals surface area contributed by atoms with Gasteiger partial charge in [-0.15, -0.1) is 11.3 Å². The monoisotopic (exact) mass is 333 g/mol. The standard InChI is InChI=1S/C17H23N3O2S/c1-3-12(2)16-18-17(22-19-16)14-8-4-5-9-20(14)15(21)11-13-7-6-10-23-13/h6-7,10,12,14H,3-5,8-9,11H2,1-2H3/t12-,14-/m0/s1. The lowest BCUT2D eigenvalue weighted by molar-refractivity contribution is -0.134. The Morgan fingerprint density at radius 2 is 2.39 bits per heavy atom. The van der Waals surface area contributed by atoms with Gasteiger partial charge in [0.15, 0.2) is 5.82 Å². The highest BCUT2D eigenvalue weighted by molar-refractivity contribution is 7.10. The van der Waals surface area contributed by atoms with E-state index >= 15 is 0 Å². The van der Waals surface area contributed by atoms with E-state index in [1.165, 1.54) is 0 Å². The number of likely N-dealkylation sites (tertiary alicyclic amines) is 1. The quantitative estimate of drug-likeness (QED) is 0.831. The molecule has 0 radical (unpaired) electrons. The van der Waals surface area contributed by atoms with Crippen LogP contribution in [0.15, 0.2) is 22.0 Å². The van der Waals surface area contributed by atoms with E-state index in [1.54, 1.807) is 11.3 Å². The van der Waals surface area contributed by atoms with Crippen molar-refractivity contribution in [3.05, 3.63) is 34.1 Å². The number of aromatic nitrogens is 2. The van der Waals surface area contributed by atoms with E-state index in [0.717, 1.165) is 42.9 Å². The van der Waals surface area contributed by atoms with E-state index in [0.29, 0.717) is 12.3 Å². The van der Waals surface area contributed by atoms with Gasteiger partial charge in [-0.1, -0.05) is 25.1 Å². The Kier molecular flexibility index (Phi) is 5.10. The predicted octanol–water partition coefficient (Wildman–Crippen LogP) is 3.94. The van der Waals surface area contributed by atoms with E-state index in [1.807, 2.05) is 22.4 Å². The molecule has 3 rings (SSSR count). The van der Waals surface area contributed by atoms with Crippen molar-refractivity contribution in [3.8, 4) is 0 Å². The molecule has 2 atom stereocenters. The molecule has 1 saturated heterocycles. The molecule has 0 N–H and O–H groups in total. The summed E-state index contributed by atoms with van der Waals surface area (Å²) in [5, 5.41) is 6.12. The summed E-state index contributed by atoms with van der Waals surface area (Å²) in [4.78, 5) is 20.3. The van der Waals surface area contributed by atoms with Crippen molar-refractivity contribution >= 4 is 17.2 Å². The molecular weight excluding hydrogens is 310 g/mol. The van der Waals surface area contributed by atoms with Gasteiger partial charge in [-0.2, -0.15) is 4.98 Å². The van der Waals surface area contributed by atoms with Gasteiger partial charge in [-0.3, -0.25) is 4.79 Å². The molecule has 0 aromatic carbocycles. The van der Waals surface area contributed by atoms with E-state index in [-0.39, 0.29) is 17.9 Å². The molecule has 1 aliphatic rings. The van der Waals surface area contributed by atoms with Crippen LogP contribution in [0, 0.1) is 0 Å². The first-order chi connectivity index (χ1) is 11.2. The summed E-state index contributed by atoms with van der Waals surface area (Å²) in [5.74, 6) is 1.78. The predicted molar refractivity (Wildman–Crippen MR) is 89.3 cm³/mol. The van der Waals surface area contributed by atoms with Crippen molar-refractivity contribution in [1.29, 1.82) is 0 Å². The topological polar surface area (TPSA) is 59.2 Å². The average Bonchev–Trinajstić information content (AvgIpc) is 3.25. The third kappa shape index (κ3) is 3.63. The zero-order valence-electron chi connectivity index (χ0n) is 13.7. The maximum absolute atomic E-state index is 12.7. The smallest absolute Gasteiger partial charge is 0.249 e. The van der Waals surface area contributed by atoms with Crippen LogP contribution >= 0.6 is 11.3 Å². The molecule has 3 heterocycles. The van der Waals surface area contributed by atoms with Gasteiger partial charge in [-0.05, 0) is 37.1 Å². The summed E-state index contributed by atoms with van der Waals surface area (Å²) in [6.45, 7) is 4.98. The summed E-state index contributed by atoms with van der Waals surface area (Å²) < 4.78 is 5.49. The Morgan fingerprint density at radius 1 is 1.52 bits per heavy atom. The van der Waals surface area contributed by atoms with Crippen molar-refractivity contribution in [2.24, 2.45) is 0 Å². The highest BCUT2D eigenvalue weighted by Crippen LogP contribution is 2.31. The van der Waals surface area contributed by atoms with Crippen molar-refractivity contribution in [1.82, 2.24) is 15.0 Å². The first-order valence-electron chi connectivity index (χ1n) is 8.34. The van der Waals surface area contributed by atoms with Crippen LogP contribution in [0.25, 0.3) is 0 Å². The minimum atomic E-state index is -0.0680. The van der Waals surface area contributed by atoms with Crippen LogP contribution in [-0.2, 0) is 11.2 Å². The van der Waals surface area contributed by atoms with Crippen molar-refractivity contribution in [2.45, 2.75) is 57.9 Å². The number of carbonyl (C=O) groups is 1. The van der Waals surface area contributed by atoms with Crippen molar-refractivity contribution < 1.29 is 9.32 Å². The number of amides is 1. The molecule has 23 heavy (non-hydrogen) atoms. The number of rotatable bonds is 5. The molecule has 0 bridgehead atoms. The van der Waals surface area contributed by atoms with Gasteiger partial charge in [0.25, 0.3) is 0 Å². The summed E-state index contributed by atoms with van der Waals surface area (Å²) in [6, 6.07) is 3.92. The number of nitrogens with zero attached hydrogens (tertiary/aromatic N) is 3. The highest BCUT2D eigenvalue weighted by atomic mass is 32.1. The normalized spacial score (nSPS) is 19.7. The fraction of sp³-hybridized carbons (Fsp3) is 0.588. The molecule has 6 heteroatoms. The molecule has 2 aromatic rings. The van der Waals surface area contributed by atoms with Gasteiger partial charge in [0.05, 0.1) is 6.42 Å². The summed E-state index contributed by atoms with van der Waals surface area (Å²) >= 11 is 1.62. The average molecular weight is 333 g/mol. The lowest BCUT2D eigenvalue weighted by Gasteiger charge is -2.33. The Labute approximate surface area is 140 Å². The number of piperidine rings is 1. The zero-order valence-corrected chi connectivity index (χ0v) is 14.5. The molecule has 0 aliphatic carbocycles. The number of thiophene rings is 1. The van der Waals surface area contributed by atoms with Gasteiger partial charge in [-0.25, -0.2) is 0 Å². The van der Waals surface area contributed by atoms with Gasteiger partial charge in [0.1, 0.15) is 6.04 Å². The van der Waals surface area contributed by atoms with Crippen LogP contribution in [0.1, 0.15) is 68.1 Å². The summed E-state index contributed by atoms with van der Waals surface area (Å²) in [7, 11) is 0. The van der Waals surface area contributed by atoms with Crippen LogP contribution in [0.3, 0.4) is 0 Å². The molecule has 1 fully saturated rings. The summed E-state index contributed by atoms with van der Waals surface area (Å²) in [6.07, 6.45) is 4.47. The Bertz CT molecular complexity index is 638.